The molecule has 0 atom stereocenters. The van der Waals surface area contributed by atoms with E-state index >= 15 is 0 Å². The van der Waals surface area contributed by atoms with Crippen LogP contribution in [0.1, 0.15) is 11.1 Å². The van der Waals surface area contributed by atoms with Crippen LogP contribution in [-0.4, -0.2) is 37.5 Å². The van der Waals surface area contributed by atoms with Gasteiger partial charge in [-0.1, -0.05) is 12.1 Å². The van der Waals surface area contributed by atoms with Crippen LogP contribution in [0.2, 0.25) is 0 Å². The molecule has 0 saturated carbocycles. The summed E-state index contributed by atoms with van der Waals surface area (Å²) in [4.78, 5) is 47.4. The average Bonchev–Trinajstić information content (AvgIpc) is 2.69. The molecule has 9 heteroatoms. The van der Waals surface area contributed by atoms with Gasteiger partial charge in [0.1, 0.15) is 17.1 Å². The minimum absolute atomic E-state index is 0.221. The fourth-order valence-electron chi connectivity index (χ4n) is 2.71. The fourth-order valence-corrected chi connectivity index (χ4v) is 2.71. The summed E-state index contributed by atoms with van der Waals surface area (Å²) in [6.45, 7) is 1.60. The highest BCUT2D eigenvalue weighted by atomic mass is 16.5. The molecule has 9 nitrogen and oxygen atoms in total. The van der Waals surface area contributed by atoms with Gasteiger partial charge in [0.15, 0.2) is 6.61 Å². The highest BCUT2D eigenvalue weighted by Gasteiger charge is 2.28. The number of nitrogens with one attached hydrogen (secondary N) is 3. The predicted octanol–water partition coefficient (Wildman–Crippen LogP) is 1.77. The molecule has 3 rings (SSSR count). The van der Waals surface area contributed by atoms with Crippen molar-refractivity contribution in [3.05, 3.63) is 59.2 Å². The number of methoxy groups -OCH3 is 1. The lowest BCUT2D eigenvalue weighted by Crippen LogP contribution is -2.51. The zero-order valence-electron chi connectivity index (χ0n) is 16.3. The van der Waals surface area contributed by atoms with E-state index in [1.54, 1.807) is 18.2 Å². The van der Waals surface area contributed by atoms with Crippen molar-refractivity contribution in [3.8, 4) is 11.5 Å². The minimum Gasteiger partial charge on any atom is -0.497 e. The van der Waals surface area contributed by atoms with Crippen molar-refractivity contribution in [2.24, 2.45) is 0 Å². The van der Waals surface area contributed by atoms with Gasteiger partial charge in [-0.2, -0.15) is 0 Å². The van der Waals surface area contributed by atoms with E-state index in [-0.39, 0.29) is 23.8 Å². The smallest absolute Gasteiger partial charge is 0.328 e. The molecule has 30 heavy (non-hydrogen) atoms. The maximum absolute atomic E-state index is 12.2. The number of carbonyl (C=O) groups excluding carboxylic acids is 4. The van der Waals surface area contributed by atoms with Crippen molar-refractivity contribution in [3.63, 3.8) is 0 Å². The van der Waals surface area contributed by atoms with E-state index in [4.69, 9.17) is 9.47 Å². The van der Waals surface area contributed by atoms with E-state index in [0.717, 1.165) is 5.56 Å². The Labute approximate surface area is 172 Å². The molecule has 1 saturated heterocycles. The van der Waals surface area contributed by atoms with Crippen LogP contribution < -0.4 is 25.4 Å². The quantitative estimate of drug-likeness (QED) is 0.494. The van der Waals surface area contributed by atoms with E-state index in [2.05, 4.69) is 5.32 Å². The van der Waals surface area contributed by atoms with Crippen LogP contribution in [-0.2, 0) is 14.4 Å². The third-order valence-corrected chi connectivity index (χ3v) is 4.12. The van der Waals surface area contributed by atoms with Crippen LogP contribution in [0.3, 0.4) is 0 Å². The number of carbonyl (C=O) groups is 4. The highest BCUT2D eigenvalue weighted by molar-refractivity contribution is 6.31. The molecular formula is C21H19N3O6. The highest BCUT2D eigenvalue weighted by Crippen LogP contribution is 2.27. The maximum Gasteiger partial charge on any atom is 0.328 e. The number of ether oxygens (including phenoxy) is 2. The Morgan fingerprint density at radius 2 is 1.80 bits per heavy atom. The Bertz CT molecular complexity index is 1040. The lowest BCUT2D eigenvalue weighted by atomic mass is 10.1. The number of amides is 5. The van der Waals surface area contributed by atoms with Gasteiger partial charge in [0.25, 0.3) is 17.7 Å². The summed E-state index contributed by atoms with van der Waals surface area (Å²) in [7, 11) is 1.47. The summed E-state index contributed by atoms with van der Waals surface area (Å²) in [6, 6.07) is 11.1. The largest absolute Gasteiger partial charge is 0.497 e. The molecule has 3 N–H and O–H groups in total. The van der Waals surface area contributed by atoms with Crippen molar-refractivity contribution in [1.29, 1.82) is 0 Å². The van der Waals surface area contributed by atoms with Gasteiger partial charge in [-0.15, -0.1) is 0 Å². The van der Waals surface area contributed by atoms with E-state index < -0.39 is 17.8 Å². The van der Waals surface area contributed by atoms with Crippen molar-refractivity contribution >= 4 is 35.5 Å². The van der Waals surface area contributed by atoms with E-state index in [0.29, 0.717) is 17.0 Å². The van der Waals surface area contributed by atoms with Crippen LogP contribution in [0.4, 0.5) is 10.5 Å². The zero-order valence-corrected chi connectivity index (χ0v) is 16.3. The van der Waals surface area contributed by atoms with Crippen molar-refractivity contribution in [1.82, 2.24) is 10.6 Å². The lowest BCUT2D eigenvalue weighted by molar-refractivity contribution is -0.124. The Morgan fingerprint density at radius 1 is 1.07 bits per heavy atom. The van der Waals surface area contributed by atoms with E-state index in [1.165, 1.54) is 19.3 Å². The number of imide groups is 2. The second-order valence-electron chi connectivity index (χ2n) is 6.41. The Balaban J connectivity index is 1.79. The number of hydrogen-bond donors (Lipinski definition) is 3. The number of anilines is 1. The summed E-state index contributed by atoms with van der Waals surface area (Å²) >= 11 is 0. The summed E-state index contributed by atoms with van der Waals surface area (Å²) < 4.78 is 10.8. The standard InChI is InChI=1S/C21H19N3O6/c1-12-4-3-5-14(8-12)22-18(25)11-30-17-10-15(29-2)7-6-13(17)9-16-19(26)23-21(28)24-20(16)27/h3-10H,11H2,1-2H3,(H,22,25)(H2,23,24,26,27,28). The monoisotopic (exact) mass is 409 g/mol. The van der Waals surface area contributed by atoms with E-state index in [9.17, 15) is 19.2 Å². The number of aryl methyl sites for hydroxylation is 1. The summed E-state index contributed by atoms with van der Waals surface area (Å²) in [6.07, 6.45) is 1.27. The van der Waals surface area contributed by atoms with Gasteiger partial charge in [0, 0.05) is 17.3 Å². The minimum atomic E-state index is -0.888. The first-order valence-electron chi connectivity index (χ1n) is 8.91. The molecule has 0 aliphatic carbocycles. The average molecular weight is 409 g/mol. The fraction of sp³-hybridized carbons (Fsp3) is 0.143. The third kappa shape index (κ3) is 5.02. The molecule has 0 aromatic heterocycles. The SMILES string of the molecule is COc1ccc(C=C2C(=O)NC(=O)NC2=O)c(OCC(=O)Nc2cccc(C)c2)c1. The second kappa shape index (κ2) is 8.91. The molecule has 0 spiro atoms. The van der Waals surface area contributed by atoms with Gasteiger partial charge in [0.05, 0.1) is 7.11 Å². The van der Waals surface area contributed by atoms with E-state index in [1.807, 2.05) is 35.8 Å². The Hall–Kier alpha value is -4.14. The molecule has 1 heterocycles. The number of benzene rings is 2. The molecule has 0 bridgehead atoms. The summed E-state index contributed by atoms with van der Waals surface area (Å²) in [5, 5.41) is 6.72. The lowest BCUT2D eigenvalue weighted by Gasteiger charge is -2.15. The molecule has 0 radical (unpaired) electrons. The number of urea groups is 1. The molecule has 5 amide bonds. The third-order valence-electron chi connectivity index (χ3n) is 4.12. The first kappa shape index (κ1) is 20.6. The van der Waals surface area contributed by atoms with Crippen LogP contribution in [0, 0.1) is 6.92 Å². The first-order valence-corrected chi connectivity index (χ1v) is 8.91. The zero-order chi connectivity index (χ0) is 21.7. The molecule has 1 fully saturated rings. The van der Waals surface area contributed by atoms with Gasteiger partial charge in [-0.3, -0.25) is 25.0 Å². The molecule has 2 aromatic carbocycles. The Kier molecular flexibility index (Phi) is 6.11. The molecule has 154 valence electrons. The topological polar surface area (TPSA) is 123 Å². The van der Waals surface area contributed by atoms with Crippen LogP contribution in [0.25, 0.3) is 6.08 Å². The summed E-state index contributed by atoms with van der Waals surface area (Å²) in [5.41, 5.74) is 1.72. The molecule has 1 aliphatic rings. The van der Waals surface area contributed by atoms with Crippen LogP contribution in [0.5, 0.6) is 11.5 Å². The van der Waals surface area contributed by atoms with Gasteiger partial charge in [-0.25, -0.2) is 4.79 Å². The van der Waals surface area contributed by atoms with Gasteiger partial charge >= 0.3 is 6.03 Å². The van der Waals surface area contributed by atoms with Crippen LogP contribution >= 0.6 is 0 Å². The normalized spacial score (nSPS) is 13.3. The summed E-state index contributed by atoms with van der Waals surface area (Å²) in [5.74, 6) is -1.37. The maximum atomic E-state index is 12.2. The Morgan fingerprint density at radius 3 is 2.47 bits per heavy atom. The predicted molar refractivity (Wildman–Crippen MR) is 108 cm³/mol. The molecule has 0 unspecified atom stereocenters. The van der Waals surface area contributed by atoms with Crippen molar-refractivity contribution < 1.29 is 28.7 Å². The number of rotatable bonds is 6. The second-order valence-corrected chi connectivity index (χ2v) is 6.41. The first-order chi connectivity index (χ1) is 14.4. The van der Waals surface area contributed by atoms with Gasteiger partial charge in [-0.05, 0) is 42.8 Å². The number of barbiturate groups is 1. The molecule has 1 aliphatic heterocycles. The number of hydrogen-bond acceptors (Lipinski definition) is 6. The van der Waals surface area contributed by atoms with Crippen molar-refractivity contribution in [2.75, 3.05) is 19.0 Å². The molecular weight excluding hydrogens is 390 g/mol. The van der Waals surface area contributed by atoms with Crippen LogP contribution in [0.15, 0.2) is 48.0 Å². The molecule has 2 aromatic rings. The van der Waals surface area contributed by atoms with Gasteiger partial charge in [0.2, 0.25) is 0 Å². The van der Waals surface area contributed by atoms with Gasteiger partial charge < -0.3 is 14.8 Å². The van der Waals surface area contributed by atoms with Crippen molar-refractivity contribution in [2.45, 2.75) is 6.92 Å².